The number of rotatable bonds is 3. The van der Waals surface area contributed by atoms with Crippen molar-refractivity contribution in [1.29, 1.82) is 0 Å². The summed E-state index contributed by atoms with van der Waals surface area (Å²) in [5, 5.41) is 4.04. The molecule has 1 aromatic heterocycles. The quantitative estimate of drug-likeness (QED) is 0.791. The fourth-order valence-corrected chi connectivity index (χ4v) is 2.17. The van der Waals surface area contributed by atoms with E-state index in [1.54, 1.807) is 38.4 Å². The molecule has 0 saturated heterocycles. The third kappa shape index (κ3) is 2.97. The lowest BCUT2D eigenvalue weighted by atomic mass is 10.2. The van der Waals surface area contributed by atoms with E-state index in [0.29, 0.717) is 17.0 Å². The van der Waals surface area contributed by atoms with E-state index < -0.39 is 11.4 Å². The van der Waals surface area contributed by atoms with Gasteiger partial charge in [0.25, 0.3) is 0 Å². The first-order valence-electron chi connectivity index (χ1n) is 6.00. The van der Waals surface area contributed by atoms with Crippen LogP contribution in [0.15, 0.2) is 33.7 Å². The van der Waals surface area contributed by atoms with Crippen molar-refractivity contribution in [2.45, 2.75) is 6.92 Å². The van der Waals surface area contributed by atoms with Gasteiger partial charge in [0.1, 0.15) is 5.75 Å². The summed E-state index contributed by atoms with van der Waals surface area (Å²) < 4.78 is 12.0. The van der Waals surface area contributed by atoms with Crippen LogP contribution < -0.4 is 10.2 Å². The van der Waals surface area contributed by atoms with Crippen LogP contribution in [0, 0.1) is 6.92 Å². The largest absolute Gasteiger partial charge is 0.495 e. The maximum Gasteiger partial charge on any atom is 0.362 e. The Morgan fingerprint density at radius 3 is 2.67 bits per heavy atom. The first kappa shape index (κ1) is 15.2. The molecule has 6 nitrogen and oxygen atoms in total. The van der Waals surface area contributed by atoms with E-state index in [-0.39, 0.29) is 5.69 Å². The molecule has 0 atom stereocenters. The van der Waals surface area contributed by atoms with Gasteiger partial charge in [0.15, 0.2) is 0 Å². The molecule has 0 saturated carbocycles. The lowest BCUT2D eigenvalue weighted by Gasteiger charge is -2.10. The number of halogens is 1. The van der Waals surface area contributed by atoms with Crippen molar-refractivity contribution in [3.63, 3.8) is 0 Å². The molecule has 0 amide bonds. The summed E-state index contributed by atoms with van der Waals surface area (Å²) in [6, 6.07) is 5.31. The average Bonchev–Trinajstić information content (AvgIpc) is 2.49. The summed E-state index contributed by atoms with van der Waals surface area (Å²) in [6.07, 6.45) is 1.55. The molecule has 21 heavy (non-hydrogen) atoms. The monoisotopic (exact) mass is 352 g/mol. The summed E-state index contributed by atoms with van der Waals surface area (Å²) in [5.41, 5.74) is 0.358. The number of aryl methyl sites for hydroxylation is 1. The molecule has 0 aliphatic carbocycles. The van der Waals surface area contributed by atoms with Gasteiger partial charge in [-0.05, 0) is 35.0 Å². The number of benzene rings is 1. The average molecular weight is 353 g/mol. The summed E-state index contributed by atoms with van der Waals surface area (Å²) in [5.74, 6) is -0.146. The van der Waals surface area contributed by atoms with E-state index >= 15 is 0 Å². The second kappa shape index (κ2) is 6.09. The normalized spacial score (nSPS) is 10.3. The molecular formula is C14H13BrN2O4. The van der Waals surface area contributed by atoms with Gasteiger partial charge in [0, 0.05) is 17.8 Å². The maximum absolute atomic E-state index is 11.9. The molecule has 110 valence electrons. The van der Waals surface area contributed by atoms with E-state index in [1.807, 2.05) is 0 Å². The van der Waals surface area contributed by atoms with Gasteiger partial charge < -0.3 is 9.47 Å². The maximum atomic E-state index is 11.9. The number of ether oxygens (including phenoxy) is 2. The van der Waals surface area contributed by atoms with Crippen molar-refractivity contribution < 1.29 is 14.3 Å². The van der Waals surface area contributed by atoms with Gasteiger partial charge in [-0.15, -0.1) is 0 Å². The highest BCUT2D eigenvalue weighted by Gasteiger charge is 2.16. The summed E-state index contributed by atoms with van der Waals surface area (Å²) in [6.45, 7) is 1.61. The Morgan fingerprint density at radius 1 is 1.33 bits per heavy atom. The zero-order valence-electron chi connectivity index (χ0n) is 11.7. The van der Waals surface area contributed by atoms with Gasteiger partial charge >= 0.3 is 5.97 Å². The molecule has 0 unspecified atom stereocenters. The zero-order valence-corrected chi connectivity index (χ0v) is 13.3. The van der Waals surface area contributed by atoms with E-state index in [0.717, 1.165) is 4.47 Å². The Balaban J connectivity index is 2.62. The number of carbonyl (C=O) groups is 1. The van der Waals surface area contributed by atoms with Crippen LogP contribution in [0.1, 0.15) is 16.1 Å². The summed E-state index contributed by atoms with van der Waals surface area (Å²) in [7, 11) is 2.76. The fourth-order valence-electron chi connectivity index (χ4n) is 1.76. The molecule has 0 bridgehead atoms. The minimum Gasteiger partial charge on any atom is -0.495 e. The number of methoxy groups -OCH3 is 2. The Labute approximate surface area is 129 Å². The van der Waals surface area contributed by atoms with Crippen LogP contribution in [-0.2, 0) is 4.74 Å². The molecule has 1 heterocycles. The van der Waals surface area contributed by atoms with Gasteiger partial charge in [-0.2, -0.15) is 5.10 Å². The van der Waals surface area contributed by atoms with Gasteiger partial charge in [-0.25, -0.2) is 9.48 Å². The summed E-state index contributed by atoms with van der Waals surface area (Å²) in [4.78, 5) is 23.5. The molecule has 0 aliphatic rings. The standard InChI is InChI=1S/C14H13BrN2O4/c1-8-7-17(16-12(13(8)18)14(19)21-3)9-4-5-10(15)11(6-9)20-2/h4-7H,1-3H3. The van der Waals surface area contributed by atoms with Crippen LogP contribution in [0.4, 0.5) is 0 Å². The van der Waals surface area contributed by atoms with Crippen LogP contribution in [-0.4, -0.2) is 30.0 Å². The van der Waals surface area contributed by atoms with Crippen LogP contribution in [0.2, 0.25) is 0 Å². The Kier molecular flexibility index (Phi) is 4.42. The Bertz CT molecular complexity index is 755. The Morgan fingerprint density at radius 2 is 2.05 bits per heavy atom. The molecule has 7 heteroatoms. The fraction of sp³-hybridized carbons (Fsp3) is 0.214. The van der Waals surface area contributed by atoms with Crippen molar-refractivity contribution >= 4 is 21.9 Å². The number of esters is 1. The molecule has 1 aromatic carbocycles. The molecule has 2 rings (SSSR count). The number of hydrogen-bond donors (Lipinski definition) is 0. The lowest BCUT2D eigenvalue weighted by molar-refractivity contribution is 0.0590. The van der Waals surface area contributed by atoms with Gasteiger partial charge in [0.2, 0.25) is 11.1 Å². The molecule has 2 aromatic rings. The molecule has 0 spiro atoms. The van der Waals surface area contributed by atoms with E-state index in [4.69, 9.17) is 4.74 Å². The molecule has 0 fully saturated rings. The topological polar surface area (TPSA) is 70.4 Å². The minimum absolute atomic E-state index is 0.251. The number of hydrogen-bond acceptors (Lipinski definition) is 5. The first-order chi connectivity index (χ1) is 9.97. The van der Waals surface area contributed by atoms with Crippen molar-refractivity contribution in [3.05, 3.63) is 50.3 Å². The van der Waals surface area contributed by atoms with E-state index in [1.165, 1.54) is 11.8 Å². The second-order valence-electron chi connectivity index (χ2n) is 4.24. The van der Waals surface area contributed by atoms with E-state index in [9.17, 15) is 9.59 Å². The van der Waals surface area contributed by atoms with Crippen LogP contribution in [0.3, 0.4) is 0 Å². The molecule has 0 aliphatic heterocycles. The first-order valence-corrected chi connectivity index (χ1v) is 6.80. The number of aromatic nitrogens is 2. The summed E-state index contributed by atoms with van der Waals surface area (Å²) >= 11 is 3.36. The van der Waals surface area contributed by atoms with Crippen molar-refractivity contribution in [1.82, 2.24) is 9.78 Å². The van der Waals surface area contributed by atoms with Crippen molar-refractivity contribution in [3.8, 4) is 11.4 Å². The highest BCUT2D eigenvalue weighted by atomic mass is 79.9. The van der Waals surface area contributed by atoms with Crippen LogP contribution in [0.25, 0.3) is 5.69 Å². The van der Waals surface area contributed by atoms with Crippen molar-refractivity contribution in [2.24, 2.45) is 0 Å². The molecule has 0 radical (unpaired) electrons. The second-order valence-corrected chi connectivity index (χ2v) is 5.10. The number of nitrogens with zero attached hydrogens (tertiary/aromatic N) is 2. The number of carbonyl (C=O) groups excluding carboxylic acids is 1. The van der Waals surface area contributed by atoms with Crippen LogP contribution >= 0.6 is 15.9 Å². The smallest absolute Gasteiger partial charge is 0.362 e. The highest BCUT2D eigenvalue weighted by molar-refractivity contribution is 9.10. The Hall–Kier alpha value is -2.15. The SMILES string of the molecule is COC(=O)c1nn(-c2ccc(Br)c(OC)c2)cc(C)c1=O. The molecule has 0 N–H and O–H groups in total. The third-order valence-corrected chi connectivity index (χ3v) is 3.53. The van der Waals surface area contributed by atoms with Crippen molar-refractivity contribution in [2.75, 3.05) is 14.2 Å². The zero-order chi connectivity index (χ0) is 15.6. The van der Waals surface area contributed by atoms with E-state index in [2.05, 4.69) is 25.8 Å². The van der Waals surface area contributed by atoms with Gasteiger partial charge in [-0.3, -0.25) is 4.79 Å². The predicted molar refractivity (Wildman–Crippen MR) is 80.2 cm³/mol. The molecular weight excluding hydrogens is 340 g/mol. The van der Waals surface area contributed by atoms with Gasteiger partial charge in [0.05, 0.1) is 24.4 Å². The lowest BCUT2D eigenvalue weighted by Crippen LogP contribution is -2.24. The van der Waals surface area contributed by atoms with Gasteiger partial charge in [-0.1, -0.05) is 0 Å². The third-order valence-electron chi connectivity index (χ3n) is 2.87. The minimum atomic E-state index is -0.762. The van der Waals surface area contributed by atoms with Crippen LogP contribution in [0.5, 0.6) is 5.75 Å². The predicted octanol–water partition coefficient (Wildman–Crippen LogP) is 2.10. The highest BCUT2D eigenvalue weighted by Crippen LogP contribution is 2.26.